The van der Waals surface area contributed by atoms with E-state index in [1.54, 1.807) is 14.2 Å². The number of ether oxygens (including phenoxy) is 2. The third-order valence-corrected chi connectivity index (χ3v) is 4.75. The van der Waals surface area contributed by atoms with Gasteiger partial charge in [0.25, 0.3) is 0 Å². The van der Waals surface area contributed by atoms with Gasteiger partial charge in [-0.25, -0.2) is 0 Å². The maximum atomic E-state index is 12.8. The first kappa shape index (κ1) is 15.3. The monoisotopic (exact) mass is 324 g/mol. The van der Waals surface area contributed by atoms with Crippen molar-refractivity contribution in [3.05, 3.63) is 65.6 Å². The summed E-state index contributed by atoms with van der Waals surface area (Å²) in [6, 6.07) is 15.1. The van der Waals surface area contributed by atoms with Crippen LogP contribution in [0.2, 0.25) is 0 Å². The molecule has 1 aromatic heterocycles. The predicted molar refractivity (Wildman–Crippen MR) is 94.7 cm³/mol. The molecular weight excluding hydrogens is 308 g/mol. The van der Waals surface area contributed by atoms with E-state index in [0.29, 0.717) is 16.2 Å². The van der Waals surface area contributed by atoms with Crippen molar-refractivity contribution < 1.29 is 14.3 Å². The lowest BCUT2D eigenvalue weighted by atomic mass is 10.0. The summed E-state index contributed by atoms with van der Waals surface area (Å²) in [4.78, 5) is 13.4. The molecule has 4 heteroatoms. The highest BCUT2D eigenvalue weighted by molar-refractivity contribution is 7.21. The Hall–Kier alpha value is -2.59. The molecule has 116 valence electrons. The summed E-state index contributed by atoms with van der Waals surface area (Å²) in [5.41, 5.74) is 1.15. The highest BCUT2D eigenvalue weighted by atomic mass is 32.1. The smallest absolute Gasteiger partial charge is 0.203 e. The lowest BCUT2D eigenvalue weighted by Crippen LogP contribution is -2.01. The van der Waals surface area contributed by atoms with Crippen molar-refractivity contribution in [1.29, 1.82) is 0 Å². The number of ketones is 1. The molecule has 23 heavy (non-hydrogen) atoms. The topological polar surface area (TPSA) is 35.5 Å². The Morgan fingerprint density at radius 2 is 1.83 bits per heavy atom. The van der Waals surface area contributed by atoms with Crippen LogP contribution in [0, 0.1) is 0 Å². The number of methoxy groups -OCH3 is 2. The van der Waals surface area contributed by atoms with Gasteiger partial charge >= 0.3 is 0 Å². The average molecular weight is 324 g/mol. The zero-order valence-electron chi connectivity index (χ0n) is 13.0. The van der Waals surface area contributed by atoms with Crippen LogP contribution < -0.4 is 9.47 Å². The third-order valence-electron chi connectivity index (χ3n) is 3.66. The lowest BCUT2D eigenvalue weighted by Gasteiger charge is -2.09. The minimum absolute atomic E-state index is 0.0883. The summed E-state index contributed by atoms with van der Waals surface area (Å²) in [5, 5.41) is 1.02. The second kappa shape index (κ2) is 6.26. The SMILES string of the molecule is C=C(C(=O)c1cc2ccc(OC)cc2s1)c1ccccc1OC. The van der Waals surface area contributed by atoms with Crippen molar-refractivity contribution in [2.45, 2.75) is 0 Å². The fourth-order valence-electron chi connectivity index (χ4n) is 2.42. The Morgan fingerprint density at radius 1 is 1.04 bits per heavy atom. The van der Waals surface area contributed by atoms with Crippen molar-refractivity contribution in [3.8, 4) is 11.5 Å². The molecule has 0 saturated heterocycles. The minimum Gasteiger partial charge on any atom is -0.497 e. The number of thiophene rings is 1. The Labute approximate surface area is 138 Å². The molecular formula is C19H16O3S. The summed E-state index contributed by atoms with van der Waals surface area (Å²) in [7, 11) is 3.21. The van der Waals surface area contributed by atoms with Gasteiger partial charge in [-0.3, -0.25) is 4.79 Å². The van der Waals surface area contributed by atoms with Crippen LogP contribution >= 0.6 is 11.3 Å². The molecule has 0 fully saturated rings. The summed E-state index contributed by atoms with van der Waals surface area (Å²) in [6.45, 7) is 3.97. The molecule has 0 saturated carbocycles. The number of para-hydroxylation sites is 1. The van der Waals surface area contributed by atoms with Gasteiger partial charge in [-0.15, -0.1) is 11.3 Å². The van der Waals surface area contributed by atoms with Crippen molar-refractivity contribution in [3.63, 3.8) is 0 Å². The Morgan fingerprint density at radius 3 is 2.57 bits per heavy atom. The van der Waals surface area contributed by atoms with Crippen LogP contribution in [0.3, 0.4) is 0 Å². The van der Waals surface area contributed by atoms with Gasteiger partial charge in [0, 0.05) is 15.8 Å². The summed E-state index contributed by atoms with van der Waals surface area (Å²) in [5.74, 6) is 1.34. The van der Waals surface area contributed by atoms with E-state index in [4.69, 9.17) is 9.47 Å². The molecule has 0 spiro atoms. The number of rotatable bonds is 5. The molecule has 0 atom stereocenters. The number of allylic oxidation sites excluding steroid dienone is 1. The van der Waals surface area contributed by atoms with Crippen LogP contribution in [0.15, 0.2) is 55.1 Å². The fourth-order valence-corrected chi connectivity index (χ4v) is 3.47. The Kier molecular flexibility index (Phi) is 4.17. The van der Waals surface area contributed by atoms with Gasteiger partial charge < -0.3 is 9.47 Å². The molecule has 0 radical (unpaired) electrons. The lowest BCUT2D eigenvalue weighted by molar-refractivity contribution is 0.106. The van der Waals surface area contributed by atoms with Crippen molar-refractivity contribution in [1.82, 2.24) is 0 Å². The molecule has 1 heterocycles. The van der Waals surface area contributed by atoms with Crippen molar-refractivity contribution >= 4 is 32.8 Å². The molecule has 0 unspecified atom stereocenters. The quantitative estimate of drug-likeness (QED) is 0.499. The van der Waals surface area contributed by atoms with Crippen LogP contribution in [0.25, 0.3) is 15.7 Å². The number of benzene rings is 2. The maximum Gasteiger partial charge on any atom is 0.203 e. The Bertz CT molecular complexity index is 893. The molecule has 0 N–H and O–H groups in total. The molecule has 0 amide bonds. The van der Waals surface area contributed by atoms with Gasteiger partial charge in [-0.1, -0.05) is 24.8 Å². The van der Waals surface area contributed by atoms with E-state index in [2.05, 4.69) is 6.58 Å². The summed E-state index contributed by atoms with van der Waals surface area (Å²) >= 11 is 1.44. The van der Waals surface area contributed by atoms with E-state index < -0.39 is 0 Å². The molecule has 0 aliphatic carbocycles. The number of carbonyl (C=O) groups excluding carboxylic acids is 1. The van der Waals surface area contributed by atoms with Gasteiger partial charge in [0.2, 0.25) is 5.78 Å². The second-order valence-electron chi connectivity index (χ2n) is 5.02. The summed E-state index contributed by atoms with van der Waals surface area (Å²) in [6.07, 6.45) is 0. The molecule has 0 bridgehead atoms. The zero-order chi connectivity index (χ0) is 16.4. The van der Waals surface area contributed by atoms with Crippen molar-refractivity contribution in [2.75, 3.05) is 14.2 Å². The molecule has 2 aromatic carbocycles. The molecule has 0 aliphatic rings. The van der Waals surface area contributed by atoms with E-state index in [1.165, 1.54) is 11.3 Å². The first-order valence-corrected chi connectivity index (χ1v) is 7.90. The Balaban J connectivity index is 1.98. The van der Waals surface area contributed by atoms with Gasteiger partial charge in [0.05, 0.1) is 19.1 Å². The van der Waals surface area contributed by atoms with Gasteiger partial charge in [0.15, 0.2) is 0 Å². The van der Waals surface area contributed by atoms with Crippen LogP contribution in [0.1, 0.15) is 15.2 Å². The highest BCUT2D eigenvalue weighted by Gasteiger charge is 2.18. The summed E-state index contributed by atoms with van der Waals surface area (Å²) < 4.78 is 11.6. The first-order chi connectivity index (χ1) is 11.1. The van der Waals surface area contributed by atoms with Crippen LogP contribution in [-0.4, -0.2) is 20.0 Å². The molecule has 3 nitrogen and oxygen atoms in total. The fraction of sp³-hybridized carbons (Fsp3) is 0.105. The average Bonchev–Trinajstić information content (AvgIpc) is 3.03. The van der Waals surface area contributed by atoms with E-state index in [1.807, 2.05) is 48.5 Å². The van der Waals surface area contributed by atoms with Gasteiger partial charge in [-0.2, -0.15) is 0 Å². The number of fused-ring (bicyclic) bond motifs is 1. The molecule has 0 aliphatic heterocycles. The van der Waals surface area contributed by atoms with Crippen molar-refractivity contribution in [2.24, 2.45) is 0 Å². The van der Waals surface area contributed by atoms with E-state index >= 15 is 0 Å². The van der Waals surface area contributed by atoms with Crippen LogP contribution in [0.5, 0.6) is 11.5 Å². The predicted octanol–water partition coefficient (Wildman–Crippen LogP) is 4.81. The van der Waals surface area contributed by atoms with E-state index in [-0.39, 0.29) is 5.78 Å². The number of Topliss-reactive ketones (excluding diaryl/α,β-unsaturated/α-hetero) is 1. The third kappa shape index (κ3) is 2.85. The first-order valence-electron chi connectivity index (χ1n) is 7.08. The highest BCUT2D eigenvalue weighted by Crippen LogP contribution is 2.33. The standard InChI is InChI=1S/C19H16O3S/c1-12(15-6-4-5-7-16(15)22-3)19(20)18-10-13-8-9-14(21-2)11-17(13)23-18/h4-11H,1H2,2-3H3. The molecule has 3 aromatic rings. The van der Waals surface area contributed by atoms with E-state index in [0.717, 1.165) is 21.4 Å². The number of carbonyl (C=O) groups is 1. The normalized spacial score (nSPS) is 10.5. The maximum absolute atomic E-state index is 12.8. The molecule has 3 rings (SSSR count). The number of hydrogen-bond acceptors (Lipinski definition) is 4. The van der Waals surface area contributed by atoms with Gasteiger partial charge in [0.1, 0.15) is 11.5 Å². The van der Waals surface area contributed by atoms with E-state index in [9.17, 15) is 4.79 Å². The van der Waals surface area contributed by atoms with Crippen LogP contribution in [-0.2, 0) is 0 Å². The number of hydrogen-bond donors (Lipinski definition) is 0. The zero-order valence-corrected chi connectivity index (χ0v) is 13.8. The van der Waals surface area contributed by atoms with Crippen LogP contribution in [0.4, 0.5) is 0 Å². The largest absolute Gasteiger partial charge is 0.497 e. The second-order valence-corrected chi connectivity index (χ2v) is 6.11. The van der Waals surface area contributed by atoms with Gasteiger partial charge in [-0.05, 0) is 35.7 Å². The minimum atomic E-state index is -0.0883.